The minimum absolute atomic E-state index is 0.858. The molecule has 0 aliphatic rings. The molecule has 0 atom stereocenters. The number of benzene rings is 11. The number of thiophene rings is 2. The third-order valence-corrected chi connectivity index (χ3v) is 16.2. The van der Waals surface area contributed by atoms with Crippen LogP contribution in [0.5, 0.6) is 0 Å². The largest absolute Gasteiger partial charge is 0.456 e. The molecule has 6 heteroatoms. The van der Waals surface area contributed by atoms with Crippen LogP contribution < -0.4 is 14.7 Å². The Morgan fingerprint density at radius 1 is 0.250 bits per heavy atom. The molecule has 0 unspecified atom stereocenters. The first-order valence-electron chi connectivity index (χ1n) is 24.2. The van der Waals surface area contributed by atoms with Crippen LogP contribution in [0.4, 0.5) is 51.2 Å². The second-order valence-electron chi connectivity index (χ2n) is 18.1. The number of furan rings is 1. The lowest BCUT2D eigenvalue weighted by Gasteiger charge is -2.33. The third-order valence-electron chi connectivity index (χ3n) is 13.8. The van der Waals surface area contributed by atoms with Gasteiger partial charge in [0.15, 0.2) is 0 Å². The van der Waals surface area contributed by atoms with Gasteiger partial charge in [-0.05, 0) is 132 Å². The molecule has 0 amide bonds. The second kappa shape index (κ2) is 17.5. The Kier molecular flexibility index (Phi) is 10.2. The van der Waals surface area contributed by atoms with Crippen LogP contribution in [0.25, 0.3) is 73.4 Å². The maximum atomic E-state index is 6.39. The van der Waals surface area contributed by atoms with Crippen LogP contribution in [0, 0.1) is 0 Å². The van der Waals surface area contributed by atoms with Crippen molar-refractivity contribution < 1.29 is 4.42 Å². The topological polar surface area (TPSA) is 22.9 Å². The van der Waals surface area contributed by atoms with Crippen molar-refractivity contribution in [3.05, 3.63) is 261 Å². The number of nitrogens with zero attached hydrogens (tertiary/aromatic N) is 3. The standard InChI is InChI=1S/C66H43N3OS2/c1-4-17-45(18-5-1)67(48-33-31-44(32-34-48)54-26-16-27-58-56-24-11-15-30-64(56)72-66(54)58)51-39-52(68(46-19-6-2-7-20-46)49-35-37-62-59(42-49)55-23-10-13-28-61(55)70-62)41-53(40-51)69(47-21-8-3-9-22-47)50-36-38-65-60(43-50)57-25-12-14-29-63(57)71-65/h1-43H. The number of hydrogen-bond acceptors (Lipinski definition) is 6. The molecule has 0 saturated carbocycles. The number of fused-ring (bicyclic) bond motifs is 9. The Balaban J connectivity index is 1.01. The molecular weight excluding hydrogens is 915 g/mol. The van der Waals surface area contributed by atoms with E-state index in [1.807, 2.05) is 34.8 Å². The molecule has 340 valence electrons. The molecule has 0 aliphatic heterocycles. The van der Waals surface area contributed by atoms with E-state index in [0.29, 0.717) is 0 Å². The summed E-state index contributed by atoms with van der Waals surface area (Å²) in [5.41, 5.74) is 13.5. The first kappa shape index (κ1) is 42.0. The predicted octanol–water partition coefficient (Wildman–Crippen LogP) is 20.4. The third kappa shape index (κ3) is 7.27. The van der Waals surface area contributed by atoms with Crippen molar-refractivity contribution in [2.75, 3.05) is 14.7 Å². The van der Waals surface area contributed by atoms with E-state index in [9.17, 15) is 0 Å². The monoisotopic (exact) mass is 957 g/mol. The van der Waals surface area contributed by atoms with Gasteiger partial charge < -0.3 is 19.1 Å². The summed E-state index contributed by atoms with van der Waals surface area (Å²) < 4.78 is 11.5. The summed E-state index contributed by atoms with van der Waals surface area (Å²) in [5.74, 6) is 0. The number of para-hydroxylation sites is 4. The van der Waals surface area contributed by atoms with Crippen LogP contribution in [0.3, 0.4) is 0 Å². The second-order valence-corrected chi connectivity index (χ2v) is 20.2. The lowest BCUT2D eigenvalue weighted by atomic mass is 10.0. The summed E-state index contributed by atoms with van der Waals surface area (Å²) in [6.07, 6.45) is 0. The van der Waals surface area contributed by atoms with Crippen LogP contribution in [-0.2, 0) is 0 Å². The van der Waals surface area contributed by atoms with E-state index in [4.69, 9.17) is 4.42 Å². The van der Waals surface area contributed by atoms with Crippen molar-refractivity contribution >= 4 is 136 Å². The lowest BCUT2D eigenvalue weighted by Crippen LogP contribution is -2.16. The van der Waals surface area contributed by atoms with Gasteiger partial charge in [-0.25, -0.2) is 0 Å². The first-order chi connectivity index (χ1) is 35.7. The minimum Gasteiger partial charge on any atom is -0.456 e. The molecular formula is C66H43N3OS2. The van der Waals surface area contributed by atoms with E-state index in [1.165, 1.54) is 51.5 Å². The van der Waals surface area contributed by atoms with Crippen LogP contribution in [0.2, 0.25) is 0 Å². The molecule has 0 radical (unpaired) electrons. The summed E-state index contributed by atoms with van der Waals surface area (Å²) in [7, 11) is 0. The van der Waals surface area contributed by atoms with Crippen molar-refractivity contribution in [1.29, 1.82) is 0 Å². The molecule has 0 spiro atoms. The van der Waals surface area contributed by atoms with Crippen LogP contribution in [0.15, 0.2) is 265 Å². The van der Waals surface area contributed by atoms with Crippen LogP contribution >= 0.6 is 22.7 Å². The molecule has 14 rings (SSSR count). The first-order valence-corrected chi connectivity index (χ1v) is 25.9. The van der Waals surface area contributed by atoms with Gasteiger partial charge in [0.05, 0.1) is 17.1 Å². The van der Waals surface area contributed by atoms with E-state index in [1.54, 1.807) is 0 Å². The molecule has 14 aromatic rings. The van der Waals surface area contributed by atoms with Gasteiger partial charge in [-0.15, -0.1) is 22.7 Å². The maximum absolute atomic E-state index is 6.39. The molecule has 0 fully saturated rings. The molecule has 0 bridgehead atoms. The quantitative estimate of drug-likeness (QED) is 0.136. The van der Waals surface area contributed by atoms with E-state index in [2.05, 4.69) is 263 Å². The Morgan fingerprint density at radius 2 is 0.681 bits per heavy atom. The number of rotatable bonds is 10. The van der Waals surface area contributed by atoms with Crippen molar-refractivity contribution in [2.24, 2.45) is 0 Å². The highest BCUT2D eigenvalue weighted by Gasteiger charge is 2.24. The summed E-state index contributed by atoms with van der Waals surface area (Å²) in [4.78, 5) is 7.18. The lowest BCUT2D eigenvalue weighted by molar-refractivity contribution is 0.669. The Morgan fingerprint density at radius 3 is 1.31 bits per heavy atom. The van der Waals surface area contributed by atoms with Crippen molar-refractivity contribution in [3.63, 3.8) is 0 Å². The molecule has 0 N–H and O–H groups in total. The Labute approximate surface area is 424 Å². The van der Waals surface area contributed by atoms with Crippen molar-refractivity contribution in [2.45, 2.75) is 0 Å². The van der Waals surface area contributed by atoms with E-state index < -0.39 is 0 Å². The average molecular weight is 958 g/mol. The van der Waals surface area contributed by atoms with Gasteiger partial charge in [0, 0.05) is 85.2 Å². The highest BCUT2D eigenvalue weighted by Crippen LogP contribution is 2.48. The molecule has 0 saturated heterocycles. The number of anilines is 9. The van der Waals surface area contributed by atoms with Gasteiger partial charge in [0.25, 0.3) is 0 Å². The molecule has 3 heterocycles. The van der Waals surface area contributed by atoms with Crippen LogP contribution in [0.1, 0.15) is 0 Å². The Bertz CT molecular complexity index is 4120. The molecule has 72 heavy (non-hydrogen) atoms. The van der Waals surface area contributed by atoms with E-state index >= 15 is 0 Å². The highest BCUT2D eigenvalue weighted by molar-refractivity contribution is 7.26. The van der Waals surface area contributed by atoms with Crippen molar-refractivity contribution in [1.82, 2.24) is 0 Å². The SMILES string of the molecule is c1ccc(N(c2ccc(-c3cccc4c3sc3ccccc34)cc2)c2cc(N(c3ccccc3)c3ccc4oc5ccccc5c4c3)cc(N(c3ccccc3)c3ccc4sc5ccccc5c4c3)c2)cc1. The minimum atomic E-state index is 0.858. The fourth-order valence-corrected chi connectivity index (χ4v) is 12.8. The molecule has 0 aliphatic carbocycles. The maximum Gasteiger partial charge on any atom is 0.135 e. The summed E-state index contributed by atoms with van der Waals surface area (Å²) in [6.45, 7) is 0. The molecule has 4 nitrogen and oxygen atoms in total. The van der Waals surface area contributed by atoms with Gasteiger partial charge in [-0.1, -0.05) is 140 Å². The highest BCUT2D eigenvalue weighted by atomic mass is 32.1. The number of hydrogen-bond donors (Lipinski definition) is 0. The molecule has 3 aromatic heterocycles. The fourth-order valence-electron chi connectivity index (χ4n) is 10.5. The molecule has 11 aromatic carbocycles. The summed E-state index contributed by atoms with van der Waals surface area (Å²) >= 11 is 3.71. The normalized spacial score (nSPS) is 11.6. The van der Waals surface area contributed by atoms with Crippen molar-refractivity contribution in [3.8, 4) is 11.1 Å². The predicted molar refractivity (Wildman–Crippen MR) is 309 cm³/mol. The fraction of sp³-hybridized carbons (Fsp3) is 0. The summed E-state index contributed by atoms with van der Waals surface area (Å²) in [6, 6.07) is 94.3. The smallest absolute Gasteiger partial charge is 0.135 e. The van der Waals surface area contributed by atoms with E-state index in [0.717, 1.165) is 73.1 Å². The van der Waals surface area contributed by atoms with Gasteiger partial charge >= 0.3 is 0 Å². The van der Waals surface area contributed by atoms with Gasteiger partial charge in [0.1, 0.15) is 11.2 Å². The zero-order chi connectivity index (χ0) is 47.5. The summed E-state index contributed by atoms with van der Waals surface area (Å²) in [5, 5.41) is 7.27. The average Bonchev–Trinajstić information content (AvgIpc) is 4.14. The Hall–Kier alpha value is -8.94. The zero-order valence-corrected chi connectivity index (χ0v) is 40.5. The zero-order valence-electron chi connectivity index (χ0n) is 38.9. The van der Waals surface area contributed by atoms with Crippen LogP contribution in [-0.4, -0.2) is 0 Å². The van der Waals surface area contributed by atoms with E-state index in [-0.39, 0.29) is 0 Å². The van der Waals surface area contributed by atoms with Gasteiger partial charge in [0.2, 0.25) is 0 Å². The van der Waals surface area contributed by atoms with Gasteiger partial charge in [-0.3, -0.25) is 0 Å². The van der Waals surface area contributed by atoms with Gasteiger partial charge in [-0.2, -0.15) is 0 Å².